The molecule has 0 saturated carbocycles. The molecule has 130 valence electrons. The molecular weight excluding hydrogens is 344 g/mol. The van der Waals surface area contributed by atoms with Crippen LogP contribution in [0.1, 0.15) is 10.4 Å². The van der Waals surface area contributed by atoms with Crippen LogP contribution in [0.15, 0.2) is 48.5 Å². The van der Waals surface area contributed by atoms with Crippen molar-refractivity contribution in [2.75, 3.05) is 25.1 Å². The average molecular weight is 361 g/mol. The lowest BCUT2D eigenvalue weighted by Crippen LogP contribution is -2.34. The van der Waals surface area contributed by atoms with Gasteiger partial charge in [0.15, 0.2) is 0 Å². The Morgan fingerprint density at radius 3 is 2.88 bits per heavy atom. The Hall–Kier alpha value is -2.73. The lowest BCUT2D eigenvalue weighted by molar-refractivity contribution is 0.0916. The third kappa shape index (κ3) is 4.03. The van der Waals surface area contributed by atoms with E-state index in [1.54, 1.807) is 55.6 Å². The topological polar surface area (TPSA) is 67.9 Å². The number of carbonyl (C=O) groups is 2. The first-order valence-corrected chi connectivity index (χ1v) is 8.10. The zero-order chi connectivity index (χ0) is 17.8. The van der Waals surface area contributed by atoms with Crippen LogP contribution in [-0.2, 0) is 4.74 Å². The van der Waals surface area contributed by atoms with Crippen LogP contribution in [0.3, 0.4) is 0 Å². The Morgan fingerprint density at radius 2 is 2.12 bits per heavy atom. The van der Waals surface area contributed by atoms with E-state index in [2.05, 4.69) is 5.32 Å². The summed E-state index contributed by atoms with van der Waals surface area (Å²) in [6.45, 7) is 0.569. The summed E-state index contributed by atoms with van der Waals surface area (Å²) in [5, 5.41) is 3.25. The van der Waals surface area contributed by atoms with Crippen molar-refractivity contribution >= 4 is 29.3 Å². The van der Waals surface area contributed by atoms with Gasteiger partial charge in [0.1, 0.15) is 11.9 Å². The molecule has 2 amide bonds. The van der Waals surface area contributed by atoms with E-state index < -0.39 is 12.2 Å². The van der Waals surface area contributed by atoms with Gasteiger partial charge in [0, 0.05) is 16.7 Å². The number of amides is 2. The van der Waals surface area contributed by atoms with Gasteiger partial charge in [-0.15, -0.1) is 0 Å². The van der Waals surface area contributed by atoms with Crippen LogP contribution in [0.5, 0.6) is 5.75 Å². The van der Waals surface area contributed by atoms with Crippen molar-refractivity contribution in [3.8, 4) is 5.75 Å². The molecule has 1 unspecified atom stereocenters. The first-order chi connectivity index (χ1) is 12.1. The Balaban J connectivity index is 1.60. The molecule has 6 nitrogen and oxygen atoms in total. The highest BCUT2D eigenvalue weighted by Crippen LogP contribution is 2.25. The summed E-state index contributed by atoms with van der Waals surface area (Å²) in [5.41, 5.74) is 1.15. The number of carbonyl (C=O) groups excluding carboxylic acids is 2. The number of nitrogens with one attached hydrogen (secondary N) is 1. The smallest absolute Gasteiger partial charge is 0.414 e. The molecule has 25 heavy (non-hydrogen) atoms. The predicted molar refractivity (Wildman–Crippen MR) is 94.4 cm³/mol. The number of rotatable bonds is 5. The van der Waals surface area contributed by atoms with Gasteiger partial charge in [-0.25, -0.2) is 4.79 Å². The number of nitrogens with zero attached hydrogens (tertiary/aromatic N) is 1. The van der Waals surface area contributed by atoms with Crippen LogP contribution in [0, 0.1) is 0 Å². The van der Waals surface area contributed by atoms with Gasteiger partial charge in [0.25, 0.3) is 5.91 Å². The number of ether oxygens (including phenoxy) is 2. The van der Waals surface area contributed by atoms with Gasteiger partial charge in [0.2, 0.25) is 0 Å². The van der Waals surface area contributed by atoms with E-state index in [-0.39, 0.29) is 12.5 Å². The summed E-state index contributed by atoms with van der Waals surface area (Å²) in [7, 11) is 1.57. The largest absolute Gasteiger partial charge is 0.497 e. The lowest BCUT2D eigenvalue weighted by Gasteiger charge is -2.14. The van der Waals surface area contributed by atoms with Crippen molar-refractivity contribution in [3.63, 3.8) is 0 Å². The standard InChI is InChI=1S/C18H17ClN2O4/c1-24-15-7-3-6-14(9-15)21-11-16(25-18(21)23)10-20-17(22)12-4-2-5-13(19)8-12/h2-9,16H,10-11H2,1H3,(H,20,22). The van der Waals surface area contributed by atoms with Crippen molar-refractivity contribution in [3.05, 3.63) is 59.1 Å². The Morgan fingerprint density at radius 1 is 1.32 bits per heavy atom. The number of halogens is 1. The molecule has 1 saturated heterocycles. The van der Waals surface area contributed by atoms with Gasteiger partial charge in [-0.1, -0.05) is 23.7 Å². The number of anilines is 1. The molecule has 1 N–H and O–H groups in total. The minimum Gasteiger partial charge on any atom is -0.497 e. The van der Waals surface area contributed by atoms with Crippen molar-refractivity contribution < 1.29 is 19.1 Å². The lowest BCUT2D eigenvalue weighted by atomic mass is 10.2. The van der Waals surface area contributed by atoms with Gasteiger partial charge in [-0.2, -0.15) is 0 Å². The summed E-state index contributed by atoms with van der Waals surface area (Å²) in [6, 6.07) is 13.8. The molecule has 1 aliphatic heterocycles. The SMILES string of the molecule is COc1cccc(N2CC(CNC(=O)c3cccc(Cl)c3)OC2=O)c1. The van der Waals surface area contributed by atoms with E-state index in [0.717, 1.165) is 0 Å². The predicted octanol–water partition coefficient (Wildman–Crippen LogP) is 3.10. The highest BCUT2D eigenvalue weighted by atomic mass is 35.5. The quantitative estimate of drug-likeness (QED) is 0.889. The van der Waals surface area contributed by atoms with Crippen LogP contribution in [0.4, 0.5) is 10.5 Å². The van der Waals surface area contributed by atoms with Gasteiger partial charge in [-0.3, -0.25) is 9.69 Å². The minimum atomic E-state index is -0.449. The second-order valence-corrected chi connectivity index (χ2v) is 5.97. The molecule has 1 atom stereocenters. The molecule has 3 rings (SSSR count). The first kappa shape index (κ1) is 17.1. The van der Waals surface area contributed by atoms with Crippen LogP contribution < -0.4 is 15.0 Å². The monoisotopic (exact) mass is 360 g/mol. The van der Waals surface area contributed by atoms with Gasteiger partial charge < -0.3 is 14.8 Å². The minimum absolute atomic E-state index is 0.220. The first-order valence-electron chi connectivity index (χ1n) is 7.73. The second kappa shape index (κ2) is 7.44. The fourth-order valence-electron chi connectivity index (χ4n) is 2.56. The Bertz CT molecular complexity index is 796. The molecule has 1 fully saturated rings. The Kier molecular flexibility index (Phi) is 5.09. The van der Waals surface area contributed by atoms with E-state index in [0.29, 0.717) is 28.6 Å². The number of hydrogen-bond acceptors (Lipinski definition) is 4. The molecular formula is C18H17ClN2O4. The number of benzene rings is 2. The summed E-state index contributed by atoms with van der Waals surface area (Å²) in [5.74, 6) is 0.390. The maximum absolute atomic E-state index is 12.1. The third-order valence-electron chi connectivity index (χ3n) is 3.82. The number of hydrogen-bond donors (Lipinski definition) is 1. The molecule has 0 bridgehead atoms. The van der Waals surface area contributed by atoms with Gasteiger partial charge in [-0.05, 0) is 30.3 Å². The highest BCUT2D eigenvalue weighted by molar-refractivity contribution is 6.30. The number of methoxy groups -OCH3 is 1. The molecule has 2 aromatic carbocycles. The van der Waals surface area contributed by atoms with Crippen molar-refractivity contribution in [1.82, 2.24) is 5.32 Å². The molecule has 1 aliphatic rings. The summed E-state index contributed by atoms with van der Waals surface area (Å²) < 4.78 is 10.5. The maximum atomic E-state index is 12.1. The van der Waals surface area contributed by atoms with Gasteiger partial charge >= 0.3 is 6.09 Å². The molecule has 7 heteroatoms. The van der Waals surface area contributed by atoms with Crippen LogP contribution in [0.2, 0.25) is 5.02 Å². The highest BCUT2D eigenvalue weighted by Gasteiger charge is 2.32. The van der Waals surface area contributed by atoms with E-state index in [9.17, 15) is 9.59 Å². The molecule has 0 aliphatic carbocycles. The second-order valence-electron chi connectivity index (χ2n) is 5.54. The van der Waals surface area contributed by atoms with E-state index in [1.165, 1.54) is 4.90 Å². The summed E-state index contributed by atoms with van der Waals surface area (Å²) in [6.07, 6.45) is -0.878. The fourth-order valence-corrected chi connectivity index (χ4v) is 2.75. The van der Waals surface area contributed by atoms with E-state index >= 15 is 0 Å². The van der Waals surface area contributed by atoms with Crippen LogP contribution in [-0.4, -0.2) is 38.3 Å². The molecule has 0 spiro atoms. The van der Waals surface area contributed by atoms with Crippen molar-refractivity contribution in [2.45, 2.75) is 6.10 Å². The normalized spacial score (nSPS) is 16.5. The van der Waals surface area contributed by atoms with Crippen LogP contribution >= 0.6 is 11.6 Å². The van der Waals surface area contributed by atoms with Crippen LogP contribution in [0.25, 0.3) is 0 Å². The fraction of sp³-hybridized carbons (Fsp3) is 0.222. The maximum Gasteiger partial charge on any atom is 0.414 e. The molecule has 0 aromatic heterocycles. The van der Waals surface area contributed by atoms with Crippen molar-refractivity contribution in [2.24, 2.45) is 0 Å². The zero-order valence-electron chi connectivity index (χ0n) is 13.6. The number of cyclic esters (lactones) is 1. The summed E-state index contributed by atoms with van der Waals surface area (Å²) in [4.78, 5) is 25.7. The Labute approximate surface area is 150 Å². The van der Waals surface area contributed by atoms with E-state index in [4.69, 9.17) is 21.1 Å². The molecule has 2 aromatic rings. The summed E-state index contributed by atoms with van der Waals surface area (Å²) >= 11 is 5.88. The third-order valence-corrected chi connectivity index (χ3v) is 4.05. The zero-order valence-corrected chi connectivity index (χ0v) is 14.3. The average Bonchev–Trinajstić information content (AvgIpc) is 3.00. The molecule has 0 radical (unpaired) electrons. The van der Waals surface area contributed by atoms with Crippen molar-refractivity contribution in [1.29, 1.82) is 0 Å². The molecule has 1 heterocycles. The van der Waals surface area contributed by atoms with E-state index in [1.807, 2.05) is 0 Å². The van der Waals surface area contributed by atoms with Gasteiger partial charge in [0.05, 0.1) is 25.9 Å².